The lowest BCUT2D eigenvalue weighted by atomic mass is 9.82. The van der Waals surface area contributed by atoms with Crippen LogP contribution in [0.25, 0.3) is 11.1 Å². The number of likely N-dealkylation sites (N-methyl/N-ethyl adjacent to an activating group) is 1. The molecule has 2 heterocycles. The van der Waals surface area contributed by atoms with Gasteiger partial charge in [-0.15, -0.1) is 0 Å². The minimum atomic E-state index is -0.586. The first-order valence-electron chi connectivity index (χ1n) is 19.4. The Labute approximate surface area is 320 Å². The predicted molar refractivity (Wildman–Crippen MR) is 224 cm³/mol. The van der Waals surface area contributed by atoms with Crippen LogP contribution in [0.2, 0.25) is 0 Å². The maximum atomic E-state index is 6.46. The van der Waals surface area contributed by atoms with E-state index in [1.165, 1.54) is 33.4 Å². The first kappa shape index (κ1) is 33.9. The van der Waals surface area contributed by atoms with Crippen LogP contribution in [0.3, 0.4) is 0 Å². The SMILES string of the molecule is CN1C(C2=CC3Oc4ccccc4C3C=C2)=C=CCC(c2ccc(C3=C(C4C=CC=CC4)CC=CC=C3)cc2)=NC1(C)C1C=CC(c2ccccc2)=CC1. The third-order valence-corrected chi connectivity index (χ3v) is 12.0. The van der Waals surface area contributed by atoms with E-state index >= 15 is 0 Å². The number of rotatable bonds is 6. The van der Waals surface area contributed by atoms with E-state index in [4.69, 9.17) is 9.73 Å². The van der Waals surface area contributed by atoms with E-state index in [2.05, 4.69) is 195 Å². The minimum absolute atomic E-state index is 0.0365. The van der Waals surface area contributed by atoms with Crippen LogP contribution in [0.4, 0.5) is 0 Å². The molecule has 266 valence electrons. The van der Waals surface area contributed by atoms with Crippen LogP contribution in [0.1, 0.15) is 60.8 Å². The predicted octanol–water partition coefficient (Wildman–Crippen LogP) is 11.7. The van der Waals surface area contributed by atoms with Crippen LogP contribution in [0.15, 0.2) is 198 Å². The van der Waals surface area contributed by atoms with Crippen molar-refractivity contribution in [3.63, 3.8) is 0 Å². The molecule has 0 fully saturated rings. The Balaban J connectivity index is 1.07. The van der Waals surface area contributed by atoms with Gasteiger partial charge >= 0.3 is 0 Å². The molecule has 54 heavy (non-hydrogen) atoms. The van der Waals surface area contributed by atoms with Crippen molar-refractivity contribution in [3.8, 4) is 5.75 Å². The fourth-order valence-corrected chi connectivity index (χ4v) is 8.79. The highest BCUT2D eigenvalue weighted by atomic mass is 16.5. The van der Waals surface area contributed by atoms with E-state index in [1.54, 1.807) is 0 Å². The van der Waals surface area contributed by atoms with Crippen LogP contribution in [-0.2, 0) is 0 Å². The molecule has 6 aliphatic rings. The highest BCUT2D eigenvalue weighted by Crippen LogP contribution is 2.45. The van der Waals surface area contributed by atoms with Crippen LogP contribution in [0.5, 0.6) is 5.75 Å². The van der Waals surface area contributed by atoms with Gasteiger partial charge in [-0.2, -0.15) is 0 Å². The van der Waals surface area contributed by atoms with Crippen molar-refractivity contribution in [1.82, 2.24) is 4.90 Å². The molecule has 0 saturated carbocycles. The van der Waals surface area contributed by atoms with Gasteiger partial charge in [0, 0.05) is 48.1 Å². The molecule has 5 unspecified atom stereocenters. The Morgan fingerprint density at radius 2 is 1.54 bits per heavy atom. The average molecular weight is 703 g/mol. The molecule has 9 rings (SSSR count). The monoisotopic (exact) mass is 702 g/mol. The van der Waals surface area contributed by atoms with Gasteiger partial charge in [0.1, 0.15) is 17.5 Å². The minimum Gasteiger partial charge on any atom is -0.485 e. The molecule has 3 aromatic rings. The second kappa shape index (κ2) is 14.5. The molecule has 0 saturated heterocycles. The van der Waals surface area contributed by atoms with Gasteiger partial charge in [0.15, 0.2) is 0 Å². The Bertz CT molecular complexity index is 2330. The van der Waals surface area contributed by atoms with Crippen molar-refractivity contribution in [2.45, 2.75) is 50.3 Å². The zero-order valence-corrected chi connectivity index (χ0v) is 31.1. The fraction of sp³-hybridized carbons (Fsp3) is 0.216. The number of para-hydroxylation sites is 1. The number of aliphatic imine (C=N–C) groups is 1. The fourth-order valence-electron chi connectivity index (χ4n) is 8.79. The zero-order valence-electron chi connectivity index (χ0n) is 31.1. The van der Waals surface area contributed by atoms with E-state index < -0.39 is 5.66 Å². The third-order valence-electron chi connectivity index (χ3n) is 12.0. The Morgan fingerprint density at radius 1 is 0.741 bits per heavy atom. The van der Waals surface area contributed by atoms with Gasteiger partial charge in [-0.25, -0.2) is 0 Å². The van der Waals surface area contributed by atoms with Crippen LogP contribution in [-0.4, -0.2) is 29.4 Å². The summed E-state index contributed by atoms with van der Waals surface area (Å²) in [6, 6.07) is 28.2. The second-order valence-electron chi connectivity index (χ2n) is 15.1. The number of nitrogens with zero attached hydrogens (tertiary/aromatic N) is 2. The Kier molecular flexibility index (Phi) is 9.11. The standard InChI is InChI=1S/C51H46N2O/c1-51(42-32-29-37(30-33-42)36-15-6-3-7-16-36)52-47(40-27-25-39(26-28-40)44-20-11-5-10-19-43(44)38-17-8-4-9-18-38)22-14-23-48(53(51)2)41-31-34-46-45-21-12-13-24-49(45)54-50(46)35-41/h3-17,20-21,24-32,34-35,38,42,46,50H,18-19,22,33H2,1-2H3. The summed E-state index contributed by atoms with van der Waals surface area (Å²) in [6.07, 6.45) is 37.5. The topological polar surface area (TPSA) is 24.8 Å². The summed E-state index contributed by atoms with van der Waals surface area (Å²) >= 11 is 0. The summed E-state index contributed by atoms with van der Waals surface area (Å²) in [7, 11) is 2.19. The molecular formula is C51H46N2O. The number of hydrogen-bond acceptors (Lipinski definition) is 3. The lowest BCUT2D eigenvalue weighted by Gasteiger charge is -2.44. The zero-order chi connectivity index (χ0) is 36.5. The van der Waals surface area contributed by atoms with E-state index in [9.17, 15) is 0 Å². The molecule has 0 bridgehead atoms. The number of hydrogen-bond donors (Lipinski definition) is 0. The lowest BCUT2D eigenvalue weighted by molar-refractivity contribution is 0.141. The van der Waals surface area contributed by atoms with Crippen molar-refractivity contribution < 1.29 is 4.74 Å². The summed E-state index contributed by atoms with van der Waals surface area (Å²) in [5.74, 6) is 1.76. The van der Waals surface area contributed by atoms with E-state index in [0.29, 0.717) is 12.3 Å². The quantitative estimate of drug-likeness (QED) is 0.239. The van der Waals surface area contributed by atoms with E-state index in [1.807, 2.05) is 0 Å². The highest BCUT2D eigenvalue weighted by Gasteiger charge is 2.41. The van der Waals surface area contributed by atoms with E-state index in [0.717, 1.165) is 47.6 Å². The summed E-state index contributed by atoms with van der Waals surface area (Å²) in [4.78, 5) is 8.12. The van der Waals surface area contributed by atoms with Crippen molar-refractivity contribution in [1.29, 1.82) is 0 Å². The maximum absolute atomic E-state index is 6.46. The highest BCUT2D eigenvalue weighted by molar-refractivity contribution is 6.02. The molecular weight excluding hydrogens is 657 g/mol. The number of allylic oxidation sites excluding steroid dienone is 14. The largest absolute Gasteiger partial charge is 0.485 e. The van der Waals surface area contributed by atoms with Crippen LogP contribution >= 0.6 is 0 Å². The third kappa shape index (κ3) is 6.40. The van der Waals surface area contributed by atoms with Gasteiger partial charge < -0.3 is 9.64 Å². The summed E-state index contributed by atoms with van der Waals surface area (Å²) < 4.78 is 6.46. The van der Waals surface area contributed by atoms with Gasteiger partial charge in [-0.1, -0.05) is 163 Å². The molecule has 3 heteroatoms. The first-order valence-corrected chi connectivity index (χ1v) is 19.4. The Morgan fingerprint density at radius 3 is 2.35 bits per heavy atom. The van der Waals surface area contributed by atoms with Gasteiger partial charge in [-0.05, 0) is 72.2 Å². The van der Waals surface area contributed by atoms with E-state index in [-0.39, 0.29) is 17.9 Å². The summed E-state index contributed by atoms with van der Waals surface area (Å²) in [5, 5.41) is 0. The number of ether oxygens (including phenoxy) is 1. The Hall–Kier alpha value is -5.89. The smallest absolute Gasteiger partial charge is 0.136 e. The number of fused-ring (bicyclic) bond motifs is 3. The van der Waals surface area contributed by atoms with Crippen LogP contribution < -0.4 is 4.74 Å². The van der Waals surface area contributed by atoms with Crippen molar-refractivity contribution in [2.75, 3.05) is 7.05 Å². The van der Waals surface area contributed by atoms with Crippen LogP contribution in [0, 0.1) is 11.8 Å². The molecule has 0 amide bonds. The second-order valence-corrected chi connectivity index (χ2v) is 15.1. The van der Waals surface area contributed by atoms with Crippen molar-refractivity contribution in [2.24, 2.45) is 16.8 Å². The molecule has 0 aromatic heterocycles. The van der Waals surface area contributed by atoms with Crippen molar-refractivity contribution >= 4 is 16.9 Å². The number of benzene rings is 3. The lowest BCUT2D eigenvalue weighted by Crippen LogP contribution is -2.48. The van der Waals surface area contributed by atoms with Crippen molar-refractivity contribution in [3.05, 3.63) is 215 Å². The first-order chi connectivity index (χ1) is 26.5. The van der Waals surface area contributed by atoms with Gasteiger partial charge in [0.2, 0.25) is 0 Å². The normalized spacial score (nSPS) is 26.9. The van der Waals surface area contributed by atoms with Gasteiger partial charge in [-0.3, -0.25) is 4.99 Å². The van der Waals surface area contributed by atoms with Gasteiger partial charge in [0.25, 0.3) is 0 Å². The maximum Gasteiger partial charge on any atom is 0.136 e. The summed E-state index contributed by atoms with van der Waals surface area (Å²) in [6.45, 7) is 2.30. The molecule has 5 atom stereocenters. The molecule has 3 nitrogen and oxygen atoms in total. The molecule has 0 N–H and O–H groups in total. The van der Waals surface area contributed by atoms with Gasteiger partial charge in [0.05, 0.1) is 5.70 Å². The molecule has 0 spiro atoms. The average Bonchev–Trinajstić information content (AvgIpc) is 3.41. The molecule has 0 radical (unpaired) electrons. The molecule has 2 aliphatic heterocycles. The molecule has 4 aliphatic carbocycles. The molecule has 3 aromatic carbocycles. The summed E-state index contributed by atoms with van der Waals surface area (Å²) in [5.41, 5.74) is 15.4.